The highest BCUT2D eigenvalue weighted by Crippen LogP contribution is 2.40. The molecule has 1 N–H and O–H groups in total. The Morgan fingerprint density at radius 2 is 1.88 bits per heavy atom. The van der Waals surface area contributed by atoms with Crippen molar-refractivity contribution in [2.75, 3.05) is 0 Å². The molecule has 17 heavy (non-hydrogen) atoms. The molecule has 1 amide bonds. The summed E-state index contributed by atoms with van der Waals surface area (Å²) in [4.78, 5) is 11.5. The van der Waals surface area contributed by atoms with Crippen molar-refractivity contribution in [3.05, 3.63) is 0 Å². The molecule has 1 rings (SSSR count). The van der Waals surface area contributed by atoms with Gasteiger partial charge in [-0.05, 0) is 43.9 Å². The molecule has 0 radical (unpaired) electrons. The lowest BCUT2D eigenvalue weighted by Gasteiger charge is -2.39. The monoisotopic (exact) mass is 259 g/mol. The molecule has 0 bridgehead atoms. The summed E-state index contributed by atoms with van der Waals surface area (Å²) in [7, 11) is 0. The summed E-state index contributed by atoms with van der Waals surface area (Å²) < 4.78 is 0. The molecule has 0 aliphatic heterocycles. The molecule has 2 nitrogen and oxygen atoms in total. The van der Waals surface area contributed by atoms with Gasteiger partial charge in [-0.25, -0.2) is 0 Å². The Kier molecular flexibility index (Phi) is 5.30. The lowest BCUT2D eigenvalue weighted by molar-refractivity contribution is -0.121. The molecule has 0 aromatic rings. The fourth-order valence-electron chi connectivity index (χ4n) is 2.62. The predicted octanol–water partition coefficient (Wildman–Crippen LogP) is 3.72. The van der Waals surface area contributed by atoms with Gasteiger partial charge >= 0.3 is 0 Å². The van der Waals surface area contributed by atoms with Crippen LogP contribution in [0, 0.1) is 11.3 Å². The van der Waals surface area contributed by atoms with Gasteiger partial charge < -0.3 is 5.32 Å². The highest BCUT2D eigenvalue weighted by Gasteiger charge is 2.32. The maximum Gasteiger partial charge on any atom is 0.237 e. The Bertz CT molecular complexity index is 255. The lowest BCUT2D eigenvalue weighted by atomic mass is 9.69. The minimum atomic E-state index is -0.417. The summed E-state index contributed by atoms with van der Waals surface area (Å²) in [6.45, 7) is 8.71. The molecule has 3 heteroatoms. The molecular formula is C14H26ClNO. The number of hydrogen-bond donors (Lipinski definition) is 1. The van der Waals surface area contributed by atoms with Crippen molar-refractivity contribution in [1.82, 2.24) is 5.32 Å². The summed E-state index contributed by atoms with van der Waals surface area (Å²) >= 11 is 5.76. The van der Waals surface area contributed by atoms with Gasteiger partial charge in [0.1, 0.15) is 5.38 Å². The third-order valence-electron chi connectivity index (χ3n) is 4.45. The number of rotatable bonds is 4. The molecule has 0 aromatic carbocycles. The standard InChI is InChI=1S/C14H26ClNO/c1-5-14(3,4)11-6-8-12(9-7-11)16-13(17)10(2)15/h10-12H,5-9H2,1-4H3,(H,16,17). The minimum absolute atomic E-state index is 0.0233. The average molecular weight is 260 g/mol. The minimum Gasteiger partial charge on any atom is -0.352 e. The second-order valence-electron chi connectivity index (χ2n) is 6.02. The van der Waals surface area contributed by atoms with Crippen molar-refractivity contribution in [3.63, 3.8) is 0 Å². The first-order chi connectivity index (χ1) is 7.86. The van der Waals surface area contributed by atoms with Gasteiger partial charge in [0.2, 0.25) is 5.91 Å². The SMILES string of the molecule is CCC(C)(C)C1CCC(NC(=O)C(C)Cl)CC1. The zero-order valence-corrected chi connectivity index (χ0v) is 12.3. The zero-order chi connectivity index (χ0) is 13.1. The predicted molar refractivity (Wildman–Crippen MR) is 73.3 cm³/mol. The third kappa shape index (κ3) is 4.17. The van der Waals surface area contributed by atoms with Crippen LogP contribution < -0.4 is 5.32 Å². The smallest absolute Gasteiger partial charge is 0.237 e. The van der Waals surface area contributed by atoms with E-state index in [9.17, 15) is 4.79 Å². The Balaban J connectivity index is 2.38. The first-order valence-corrected chi connectivity index (χ1v) is 7.25. The Hall–Kier alpha value is -0.240. The van der Waals surface area contributed by atoms with Crippen LogP contribution >= 0.6 is 11.6 Å². The van der Waals surface area contributed by atoms with E-state index in [4.69, 9.17) is 11.6 Å². The van der Waals surface area contributed by atoms with Crippen molar-refractivity contribution in [2.24, 2.45) is 11.3 Å². The van der Waals surface area contributed by atoms with E-state index in [1.807, 2.05) is 0 Å². The van der Waals surface area contributed by atoms with E-state index in [-0.39, 0.29) is 5.91 Å². The normalized spacial score (nSPS) is 27.6. The second kappa shape index (κ2) is 6.08. The van der Waals surface area contributed by atoms with Crippen LogP contribution in [-0.4, -0.2) is 17.3 Å². The largest absolute Gasteiger partial charge is 0.352 e. The number of halogens is 1. The van der Waals surface area contributed by atoms with Crippen LogP contribution in [0.1, 0.15) is 59.8 Å². The van der Waals surface area contributed by atoms with Crippen molar-refractivity contribution < 1.29 is 4.79 Å². The molecule has 1 aliphatic rings. The van der Waals surface area contributed by atoms with Crippen LogP contribution in [0.3, 0.4) is 0 Å². The fraction of sp³-hybridized carbons (Fsp3) is 0.929. The summed E-state index contributed by atoms with van der Waals surface area (Å²) in [6.07, 6.45) is 5.88. The van der Waals surface area contributed by atoms with E-state index in [0.29, 0.717) is 11.5 Å². The Labute approximate surface area is 110 Å². The lowest BCUT2D eigenvalue weighted by Crippen LogP contribution is -2.42. The van der Waals surface area contributed by atoms with Crippen molar-refractivity contribution in [1.29, 1.82) is 0 Å². The highest BCUT2D eigenvalue weighted by molar-refractivity contribution is 6.30. The average Bonchev–Trinajstić information content (AvgIpc) is 2.29. The van der Waals surface area contributed by atoms with Crippen LogP contribution in [0.2, 0.25) is 0 Å². The Morgan fingerprint density at radius 3 is 2.29 bits per heavy atom. The van der Waals surface area contributed by atoms with E-state index in [0.717, 1.165) is 18.8 Å². The molecule has 0 heterocycles. The van der Waals surface area contributed by atoms with Gasteiger partial charge in [-0.2, -0.15) is 0 Å². The molecular weight excluding hydrogens is 234 g/mol. The maximum absolute atomic E-state index is 11.5. The number of amides is 1. The van der Waals surface area contributed by atoms with E-state index >= 15 is 0 Å². The summed E-state index contributed by atoms with van der Waals surface area (Å²) in [5, 5.41) is 2.62. The van der Waals surface area contributed by atoms with E-state index in [1.165, 1.54) is 19.3 Å². The highest BCUT2D eigenvalue weighted by atomic mass is 35.5. The van der Waals surface area contributed by atoms with Gasteiger partial charge in [0.25, 0.3) is 0 Å². The number of carbonyl (C=O) groups is 1. The van der Waals surface area contributed by atoms with Crippen molar-refractivity contribution >= 4 is 17.5 Å². The molecule has 1 aliphatic carbocycles. The molecule has 1 fully saturated rings. The third-order valence-corrected chi connectivity index (χ3v) is 4.65. The molecule has 1 atom stereocenters. The van der Waals surface area contributed by atoms with E-state index in [1.54, 1.807) is 6.92 Å². The molecule has 0 aromatic heterocycles. The molecule has 100 valence electrons. The fourth-order valence-corrected chi connectivity index (χ4v) is 2.69. The van der Waals surface area contributed by atoms with Gasteiger partial charge in [-0.1, -0.05) is 27.2 Å². The van der Waals surface area contributed by atoms with Gasteiger partial charge in [0.15, 0.2) is 0 Å². The zero-order valence-electron chi connectivity index (χ0n) is 11.6. The maximum atomic E-state index is 11.5. The summed E-state index contributed by atoms with van der Waals surface area (Å²) in [5.41, 5.74) is 0.439. The first-order valence-electron chi connectivity index (χ1n) is 6.81. The number of nitrogens with one attached hydrogen (secondary N) is 1. The van der Waals surface area contributed by atoms with Gasteiger partial charge in [0.05, 0.1) is 0 Å². The molecule has 0 spiro atoms. The molecule has 0 saturated heterocycles. The van der Waals surface area contributed by atoms with Crippen molar-refractivity contribution in [3.8, 4) is 0 Å². The summed E-state index contributed by atoms with van der Waals surface area (Å²) in [5.74, 6) is 0.777. The van der Waals surface area contributed by atoms with E-state index in [2.05, 4.69) is 26.1 Å². The topological polar surface area (TPSA) is 29.1 Å². The van der Waals surface area contributed by atoms with Crippen LogP contribution in [0.5, 0.6) is 0 Å². The van der Waals surface area contributed by atoms with Gasteiger partial charge in [-0.3, -0.25) is 4.79 Å². The van der Waals surface area contributed by atoms with Crippen LogP contribution in [0.4, 0.5) is 0 Å². The number of carbonyl (C=O) groups excluding carboxylic acids is 1. The molecule has 1 saturated carbocycles. The van der Waals surface area contributed by atoms with Gasteiger partial charge in [0, 0.05) is 6.04 Å². The molecule has 1 unspecified atom stereocenters. The van der Waals surface area contributed by atoms with Crippen LogP contribution in [0.25, 0.3) is 0 Å². The van der Waals surface area contributed by atoms with Crippen molar-refractivity contribution in [2.45, 2.75) is 71.2 Å². The Morgan fingerprint density at radius 1 is 1.35 bits per heavy atom. The number of alkyl halides is 1. The van der Waals surface area contributed by atoms with E-state index < -0.39 is 5.38 Å². The number of hydrogen-bond acceptors (Lipinski definition) is 1. The van der Waals surface area contributed by atoms with Crippen LogP contribution in [0.15, 0.2) is 0 Å². The first kappa shape index (κ1) is 14.8. The van der Waals surface area contributed by atoms with Crippen LogP contribution in [-0.2, 0) is 4.79 Å². The van der Waals surface area contributed by atoms with Gasteiger partial charge in [-0.15, -0.1) is 11.6 Å². The second-order valence-corrected chi connectivity index (χ2v) is 6.67. The summed E-state index contributed by atoms with van der Waals surface area (Å²) in [6, 6.07) is 0.340. The quantitative estimate of drug-likeness (QED) is 0.766.